The molecular formula is C4H10NO+. The zero-order chi connectivity index (χ0) is 4.99. The zero-order valence-electron chi connectivity index (χ0n) is 4.02. The van der Waals surface area contributed by atoms with Crippen LogP contribution in [0.25, 0.3) is 0 Å². The fourth-order valence-corrected chi connectivity index (χ4v) is 0.258. The summed E-state index contributed by atoms with van der Waals surface area (Å²) >= 11 is 0. The molecule has 36 valence electrons. The van der Waals surface area contributed by atoms with E-state index in [9.17, 15) is 0 Å². The van der Waals surface area contributed by atoms with Gasteiger partial charge in [0.15, 0.2) is 13.3 Å². The van der Waals surface area contributed by atoms with Crippen LogP contribution in [0.5, 0.6) is 0 Å². The van der Waals surface area contributed by atoms with Crippen molar-refractivity contribution in [3.63, 3.8) is 0 Å². The predicted octanol–water partition coefficient (Wildman–Crippen LogP) is 0.499. The van der Waals surface area contributed by atoms with Crippen molar-refractivity contribution in [3.05, 3.63) is 0 Å². The highest BCUT2D eigenvalue weighted by Gasteiger charge is 1.85. The average molecular weight is 88.1 g/mol. The van der Waals surface area contributed by atoms with E-state index in [-0.39, 0.29) is 0 Å². The number of nitrogens with zero attached hydrogens (tertiary/aromatic N) is 1. The van der Waals surface area contributed by atoms with Gasteiger partial charge in [-0.05, 0) is 4.74 Å². The lowest BCUT2D eigenvalue weighted by atomic mass is 10.5. The molecule has 0 amide bonds. The molecule has 0 radical (unpaired) electrons. The molecule has 0 spiro atoms. The highest BCUT2D eigenvalue weighted by molar-refractivity contribution is 5.13. The lowest BCUT2D eigenvalue weighted by molar-refractivity contribution is -0.768. The second-order valence-electron chi connectivity index (χ2n) is 1.23. The third kappa shape index (κ3) is 3.47. The van der Waals surface area contributed by atoms with Gasteiger partial charge in [0, 0.05) is 6.42 Å². The molecule has 6 heavy (non-hydrogen) atoms. The summed E-state index contributed by atoms with van der Waals surface area (Å²) in [6.45, 7) is 5.85. The van der Waals surface area contributed by atoms with Gasteiger partial charge in [-0.3, -0.25) is 5.21 Å². The first kappa shape index (κ1) is 5.47. The van der Waals surface area contributed by atoms with E-state index >= 15 is 0 Å². The molecule has 0 saturated carbocycles. The monoisotopic (exact) mass is 88.1 g/mol. The lowest BCUT2D eigenvalue weighted by Gasteiger charge is -1.80. The van der Waals surface area contributed by atoms with Gasteiger partial charge in [0.2, 0.25) is 0 Å². The summed E-state index contributed by atoms with van der Waals surface area (Å²) in [5.74, 6) is 0. The Morgan fingerprint density at radius 1 is 1.83 bits per heavy atom. The van der Waals surface area contributed by atoms with Gasteiger partial charge in [-0.25, -0.2) is 0 Å². The summed E-state index contributed by atoms with van der Waals surface area (Å²) in [6, 6.07) is 0. The predicted molar refractivity (Wildman–Crippen MR) is 24.3 cm³/mol. The van der Waals surface area contributed by atoms with E-state index in [1.807, 2.05) is 6.92 Å². The summed E-state index contributed by atoms with van der Waals surface area (Å²) < 4.78 is 0.931. The number of hydrogen-bond donors (Lipinski definition) is 1. The van der Waals surface area contributed by atoms with E-state index in [0.29, 0.717) is 6.54 Å². The molecule has 0 aromatic rings. The van der Waals surface area contributed by atoms with Crippen molar-refractivity contribution in [2.75, 3.05) is 6.54 Å². The van der Waals surface area contributed by atoms with Crippen LogP contribution in [0.4, 0.5) is 0 Å². The number of rotatable bonds is 2. The van der Waals surface area contributed by atoms with Gasteiger partial charge >= 0.3 is 0 Å². The van der Waals surface area contributed by atoms with Crippen molar-refractivity contribution in [2.45, 2.75) is 13.3 Å². The smallest absolute Gasteiger partial charge is 0.191 e. The third-order valence-electron chi connectivity index (χ3n) is 0.482. The Bertz CT molecular complexity index is 51.5. The molecule has 0 aromatic carbocycles. The quantitative estimate of drug-likeness (QED) is 0.226. The summed E-state index contributed by atoms with van der Waals surface area (Å²) in [6.07, 6.45) is 0.944. The van der Waals surface area contributed by atoms with Crippen LogP contribution < -0.4 is 0 Å². The standard InChI is InChI=1S/C4H10NO/c1-3-4-5(2)6/h6H,2-4H2,1H3/q+1. The summed E-state index contributed by atoms with van der Waals surface area (Å²) in [5, 5.41) is 8.27. The van der Waals surface area contributed by atoms with Crippen LogP contribution in [0.1, 0.15) is 13.3 Å². The Kier molecular flexibility index (Phi) is 2.46. The first-order chi connectivity index (χ1) is 2.77. The molecule has 0 fully saturated rings. The van der Waals surface area contributed by atoms with Gasteiger partial charge in [0.05, 0.1) is 0 Å². The van der Waals surface area contributed by atoms with E-state index in [1.165, 1.54) is 0 Å². The number of hydrogen-bond acceptors (Lipinski definition) is 1. The fourth-order valence-electron chi connectivity index (χ4n) is 0.258. The Morgan fingerprint density at radius 2 is 2.33 bits per heavy atom. The normalized spacial score (nSPS) is 8.17. The van der Waals surface area contributed by atoms with E-state index in [2.05, 4.69) is 6.72 Å². The maximum Gasteiger partial charge on any atom is 0.191 e. The molecule has 0 saturated heterocycles. The van der Waals surface area contributed by atoms with Crippen LogP contribution in [-0.2, 0) is 0 Å². The second kappa shape index (κ2) is 2.69. The molecule has 0 aliphatic carbocycles. The lowest BCUT2D eigenvalue weighted by Crippen LogP contribution is -2.02. The highest BCUT2D eigenvalue weighted by Crippen LogP contribution is 1.69. The van der Waals surface area contributed by atoms with Crippen molar-refractivity contribution in [1.82, 2.24) is 0 Å². The molecule has 0 unspecified atom stereocenters. The maximum absolute atomic E-state index is 8.27. The van der Waals surface area contributed by atoms with Crippen LogP contribution in [0, 0.1) is 0 Å². The molecule has 1 N–H and O–H groups in total. The van der Waals surface area contributed by atoms with Crippen LogP contribution in [0.2, 0.25) is 0 Å². The van der Waals surface area contributed by atoms with Crippen molar-refractivity contribution in [1.29, 1.82) is 0 Å². The van der Waals surface area contributed by atoms with Crippen LogP contribution in [-0.4, -0.2) is 23.2 Å². The average Bonchev–Trinajstić information content (AvgIpc) is 1.35. The van der Waals surface area contributed by atoms with Crippen LogP contribution >= 0.6 is 0 Å². The molecule has 0 aromatic heterocycles. The maximum atomic E-state index is 8.27. The first-order valence-corrected chi connectivity index (χ1v) is 2.04. The summed E-state index contributed by atoms with van der Waals surface area (Å²) in [5.41, 5.74) is 0. The SMILES string of the molecule is C=[N+](O)CCC. The van der Waals surface area contributed by atoms with Gasteiger partial charge in [-0.1, -0.05) is 6.92 Å². The van der Waals surface area contributed by atoms with E-state index < -0.39 is 0 Å². The topological polar surface area (TPSA) is 23.2 Å². The van der Waals surface area contributed by atoms with E-state index in [1.54, 1.807) is 0 Å². The van der Waals surface area contributed by atoms with Gasteiger partial charge in [-0.15, -0.1) is 0 Å². The largest absolute Gasteiger partial charge is 0.291 e. The first-order valence-electron chi connectivity index (χ1n) is 2.04. The minimum absolute atomic E-state index is 0.653. The molecule has 0 bridgehead atoms. The van der Waals surface area contributed by atoms with Gasteiger partial charge in [-0.2, -0.15) is 0 Å². The van der Waals surface area contributed by atoms with Crippen molar-refractivity contribution < 1.29 is 9.95 Å². The Morgan fingerprint density at radius 3 is 2.33 bits per heavy atom. The molecule has 2 nitrogen and oxygen atoms in total. The van der Waals surface area contributed by atoms with E-state index in [0.717, 1.165) is 11.2 Å². The second-order valence-corrected chi connectivity index (χ2v) is 1.23. The molecular weight excluding hydrogens is 78.0 g/mol. The van der Waals surface area contributed by atoms with Gasteiger partial charge in [0.25, 0.3) is 0 Å². The molecule has 2 heteroatoms. The minimum atomic E-state index is 0.653. The van der Waals surface area contributed by atoms with Crippen LogP contribution in [0.3, 0.4) is 0 Å². The third-order valence-corrected chi connectivity index (χ3v) is 0.482. The molecule has 0 aliphatic heterocycles. The van der Waals surface area contributed by atoms with Crippen LogP contribution in [0.15, 0.2) is 0 Å². The van der Waals surface area contributed by atoms with Gasteiger partial charge in [0.1, 0.15) is 0 Å². The van der Waals surface area contributed by atoms with Gasteiger partial charge < -0.3 is 0 Å². The van der Waals surface area contributed by atoms with Crippen molar-refractivity contribution >= 4 is 6.72 Å². The Balaban J connectivity index is 2.83. The Labute approximate surface area is 37.7 Å². The molecule has 0 rings (SSSR count). The molecule has 0 aliphatic rings. The van der Waals surface area contributed by atoms with E-state index in [4.69, 9.17) is 5.21 Å². The number of hydroxylamine groups is 1. The fraction of sp³-hybridized carbons (Fsp3) is 0.750. The molecule has 0 heterocycles. The Hall–Kier alpha value is -0.530. The highest BCUT2D eigenvalue weighted by atomic mass is 16.5. The minimum Gasteiger partial charge on any atom is -0.291 e. The van der Waals surface area contributed by atoms with Crippen molar-refractivity contribution in [2.24, 2.45) is 0 Å². The molecule has 0 atom stereocenters. The summed E-state index contributed by atoms with van der Waals surface area (Å²) in [4.78, 5) is 0. The van der Waals surface area contributed by atoms with Crippen molar-refractivity contribution in [3.8, 4) is 0 Å². The summed E-state index contributed by atoms with van der Waals surface area (Å²) in [7, 11) is 0. The zero-order valence-corrected chi connectivity index (χ0v) is 4.02.